The Morgan fingerprint density at radius 3 is 2.22 bits per heavy atom. The van der Waals surface area contributed by atoms with Crippen molar-refractivity contribution < 1.29 is 9.53 Å². The average Bonchev–Trinajstić information content (AvgIpc) is 2.32. The number of halogens is 1. The predicted octanol–water partition coefficient (Wildman–Crippen LogP) is 2.50. The van der Waals surface area contributed by atoms with E-state index in [1.54, 1.807) is 0 Å². The van der Waals surface area contributed by atoms with Crippen LogP contribution >= 0.6 is 12.4 Å². The Bertz CT molecular complexity index is 338. The van der Waals surface area contributed by atoms with Crippen molar-refractivity contribution in [1.82, 2.24) is 0 Å². The SMILES string of the molecule is CCOC(=O)CCCc1ccc(CCN)cc1.Cl. The molecule has 0 aliphatic heterocycles. The van der Waals surface area contributed by atoms with Gasteiger partial charge in [-0.05, 0) is 43.9 Å². The molecule has 18 heavy (non-hydrogen) atoms. The van der Waals surface area contributed by atoms with Gasteiger partial charge in [0.25, 0.3) is 0 Å². The highest BCUT2D eigenvalue weighted by Crippen LogP contribution is 2.08. The summed E-state index contributed by atoms with van der Waals surface area (Å²) in [5.41, 5.74) is 8.01. The first kappa shape index (κ1) is 16.9. The van der Waals surface area contributed by atoms with E-state index in [0.29, 0.717) is 19.6 Å². The predicted molar refractivity (Wildman–Crippen MR) is 76.0 cm³/mol. The molecule has 0 aliphatic carbocycles. The Hall–Kier alpha value is -1.06. The van der Waals surface area contributed by atoms with Gasteiger partial charge in [0.2, 0.25) is 0 Å². The van der Waals surface area contributed by atoms with E-state index < -0.39 is 0 Å². The van der Waals surface area contributed by atoms with Crippen molar-refractivity contribution in [2.75, 3.05) is 13.2 Å². The van der Waals surface area contributed by atoms with Crippen LogP contribution in [0.2, 0.25) is 0 Å². The standard InChI is InChI=1S/C14H21NO2.ClH/c1-2-17-14(16)5-3-4-12-6-8-13(9-7-12)10-11-15;/h6-9H,2-5,10-11,15H2,1H3;1H. The summed E-state index contributed by atoms with van der Waals surface area (Å²) < 4.78 is 4.88. The van der Waals surface area contributed by atoms with Crippen LogP contribution in [0.5, 0.6) is 0 Å². The summed E-state index contributed by atoms with van der Waals surface area (Å²) in [5.74, 6) is -0.104. The molecule has 0 heterocycles. The second kappa shape index (κ2) is 9.92. The van der Waals surface area contributed by atoms with Crippen LogP contribution in [0.1, 0.15) is 30.9 Å². The molecule has 0 bridgehead atoms. The van der Waals surface area contributed by atoms with Crippen LogP contribution in [0.25, 0.3) is 0 Å². The first-order valence-electron chi connectivity index (χ1n) is 6.19. The van der Waals surface area contributed by atoms with Crippen molar-refractivity contribution in [3.63, 3.8) is 0 Å². The fourth-order valence-corrected chi connectivity index (χ4v) is 1.71. The molecular formula is C14H22ClNO2. The maximum atomic E-state index is 11.1. The minimum atomic E-state index is -0.104. The number of ether oxygens (including phenoxy) is 1. The van der Waals surface area contributed by atoms with Crippen molar-refractivity contribution in [3.05, 3.63) is 35.4 Å². The van der Waals surface area contributed by atoms with Crippen LogP contribution in [0, 0.1) is 0 Å². The second-order valence-corrected chi connectivity index (χ2v) is 4.01. The molecule has 1 rings (SSSR count). The second-order valence-electron chi connectivity index (χ2n) is 4.01. The summed E-state index contributed by atoms with van der Waals surface area (Å²) in [7, 11) is 0. The fraction of sp³-hybridized carbons (Fsp3) is 0.500. The summed E-state index contributed by atoms with van der Waals surface area (Å²) in [6.45, 7) is 2.98. The molecule has 0 amide bonds. The molecule has 2 N–H and O–H groups in total. The number of rotatable bonds is 7. The smallest absolute Gasteiger partial charge is 0.305 e. The Kier molecular flexibility index (Phi) is 9.33. The van der Waals surface area contributed by atoms with Crippen molar-refractivity contribution in [2.24, 2.45) is 5.73 Å². The number of hydrogen-bond donors (Lipinski definition) is 1. The van der Waals surface area contributed by atoms with E-state index in [4.69, 9.17) is 10.5 Å². The van der Waals surface area contributed by atoms with Gasteiger partial charge in [0, 0.05) is 6.42 Å². The number of nitrogens with two attached hydrogens (primary N) is 1. The Balaban J connectivity index is 0.00000289. The lowest BCUT2D eigenvalue weighted by Crippen LogP contribution is -2.04. The minimum absolute atomic E-state index is 0. The molecule has 0 saturated heterocycles. The highest BCUT2D eigenvalue weighted by molar-refractivity contribution is 5.85. The zero-order chi connectivity index (χ0) is 12.5. The van der Waals surface area contributed by atoms with Gasteiger partial charge in [0.1, 0.15) is 0 Å². The van der Waals surface area contributed by atoms with Crippen LogP contribution in [0.4, 0.5) is 0 Å². The molecule has 102 valence electrons. The third-order valence-corrected chi connectivity index (χ3v) is 2.61. The number of benzene rings is 1. The lowest BCUT2D eigenvalue weighted by Gasteiger charge is -2.04. The first-order valence-corrected chi connectivity index (χ1v) is 6.19. The van der Waals surface area contributed by atoms with E-state index in [2.05, 4.69) is 24.3 Å². The van der Waals surface area contributed by atoms with Crippen molar-refractivity contribution >= 4 is 18.4 Å². The molecule has 0 radical (unpaired) electrons. The third kappa shape index (κ3) is 6.62. The molecule has 0 aliphatic rings. The molecule has 4 heteroatoms. The number of esters is 1. The molecule has 1 aromatic rings. The van der Waals surface area contributed by atoms with Crippen LogP contribution in [-0.4, -0.2) is 19.1 Å². The van der Waals surface area contributed by atoms with Gasteiger partial charge >= 0.3 is 5.97 Å². The molecule has 0 atom stereocenters. The van der Waals surface area contributed by atoms with Crippen molar-refractivity contribution in [2.45, 2.75) is 32.6 Å². The van der Waals surface area contributed by atoms with Crippen molar-refractivity contribution in [1.29, 1.82) is 0 Å². The van der Waals surface area contributed by atoms with Gasteiger partial charge in [-0.2, -0.15) is 0 Å². The van der Waals surface area contributed by atoms with Gasteiger partial charge in [-0.25, -0.2) is 0 Å². The summed E-state index contributed by atoms with van der Waals surface area (Å²) in [6, 6.07) is 8.42. The normalized spacial score (nSPS) is 9.67. The Morgan fingerprint density at radius 1 is 1.17 bits per heavy atom. The molecule has 1 aromatic carbocycles. The first-order chi connectivity index (χ1) is 8.26. The summed E-state index contributed by atoms with van der Waals surface area (Å²) in [5, 5.41) is 0. The van der Waals surface area contributed by atoms with Crippen molar-refractivity contribution in [3.8, 4) is 0 Å². The molecule has 0 aromatic heterocycles. The van der Waals surface area contributed by atoms with Gasteiger partial charge in [0.05, 0.1) is 6.61 Å². The molecule has 3 nitrogen and oxygen atoms in total. The van der Waals surface area contributed by atoms with E-state index in [0.717, 1.165) is 19.3 Å². The number of hydrogen-bond acceptors (Lipinski definition) is 3. The highest BCUT2D eigenvalue weighted by Gasteiger charge is 2.01. The zero-order valence-electron chi connectivity index (χ0n) is 10.9. The minimum Gasteiger partial charge on any atom is -0.466 e. The van der Waals surface area contributed by atoms with E-state index in [1.807, 2.05) is 6.92 Å². The van der Waals surface area contributed by atoms with Crippen LogP contribution < -0.4 is 5.73 Å². The molecule has 0 spiro atoms. The van der Waals surface area contributed by atoms with Crippen LogP contribution in [0.3, 0.4) is 0 Å². The van der Waals surface area contributed by atoms with Gasteiger partial charge in [0.15, 0.2) is 0 Å². The maximum Gasteiger partial charge on any atom is 0.305 e. The Labute approximate surface area is 115 Å². The summed E-state index contributed by atoms with van der Waals surface area (Å²) >= 11 is 0. The van der Waals surface area contributed by atoms with E-state index in [-0.39, 0.29) is 18.4 Å². The fourth-order valence-electron chi connectivity index (χ4n) is 1.71. The topological polar surface area (TPSA) is 52.3 Å². The molecular weight excluding hydrogens is 250 g/mol. The largest absolute Gasteiger partial charge is 0.466 e. The van der Waals surface area contributed by atoms with Gasteiger partial charge < -0.3 is 10.5 Å². The van der Waals surface area contributed by atoms with E-state index in [9.17, 15) is 4.79 Å². The quantitative estimate of drug-likeness (QED) is 0.775. The Morgan fingerprint density at radius 2 is 1.72 bits per heavy atom. The zero-order valence-corrected chi connectivity index (χ0v) is 11.7. The average molecular weight is 272 g/mol. The van der Waals surface area contributed by atoms with Gasteiger partial charge in [-0.3, -0.25) is 4.79 Å². The van der Waals surface area contributed by atoms with Crippen LogP contribution in [-0.2, 0) is 22.4 Å². The summed E-state index contributed by atoms with van der Waals surface area (Å²) in [6.07, 6.45) is 3.18. The molecule has 0 saturated carbocycles. The number of carbonyl (C=O) groups excluding carboxylic acids is 1. The van der Waals surface area contributed by atoms with Gasteiger partial charge in [-0.15, -0.1) is 12.4 Å². The lowest BCUT2D eigenvalue weighted by molar-refractivity contribution is -0.143. The highest BCUT2D eigenvalue weighted by atomic mass is 35.5. The van der Waals surface area contributed by atoms with Gasteiger partial charge in [-0.1, -0.05) is 24.3 Å². The van der Waals surface area contributed by atoms with E-state index in [1.165, 1.54) is 11.1 Å². The van der Waals surface area contributed by atoms with Crippen LogP contribution in [0.15, 0.2) is 24.3 Å². The molecule has 0 unspecified atom stereocenters. The molecule has 0 fully saturated rings. The lowest BCUT2D eigenvalue weighted by atomic mass is 10.0. The third-order valence-electron chi connectivity index (χ3n) is 2.61. The van der Waals surface area contributed by atoms with E-state index >= 15 is 0 Å². The number of carbonyl (C=O) groups is 1. The summed E-state index contributed by atoms with van der Waals surface area (Å²) in [4.78, 5) is 11.1. The number of aryl methyl sites for hydroxylation is 1. The monoisotopic (exact) mass is 271 g/mol. The maximum absolute atomic E-state index is 11.1.